The lowest BCUT2D eigenvalue weighted by atomic mass is 10.1. The van der Waals surface area contributed by atoms with Crippen LogP contribution in [0.3, 0.4) is 0 Å². The van der Waals surface area contributed by atoms with Crippen molar-refractivity contribution in [2.45, 2.75) is 20.3 Å². The maximum absolute atomic E-state index is 11.4. The summed E-state index contributed by atoms with van der Waals surface area (Å²) < 4.78 is 11.4. The zero-order valence-electron chi connectivity index (χ0n) is 10.00. The van der Waals surface area contributed by atoms with E-state index in [1.165, 1.54) is 6.42 Å². The first kappa shape index (κ1) is 13.1. The van der Waals surface area contributed by atoms with Crippen LogP contribution >= 0.6 is 0 Å². The van der Waals surface area contributed by atoms with Crippen LogP contribution in [0.25, 0.3) is 0 Å². The van der Waals surface area contributed by atoms with Gasteiger partial charge in [-0.3, -0.25) is 4.21 Å². The summed E-state index contributed by atoms with van der Waals surface area (Å²) in [6, 6.07) is 0. The van der Waals surface area contributed by atoms with Crippen LogP contribution in [0.4, 0.5) is 0 Å². The van der Waals surface area contributed by atoms with Gasteiger partial charge in [0.1, 0.15) is 0 Å². The van der Waals surface area contributed by atoms with Crippen molar-refractivity contribution in [3.8, 4) is 0 Å². The fraction of sp³-hybridized carbons (Fsp3) is 1.00. The molecule has 90 valence electrons. The summed E-state index contributed by atoms with van der Waals surface area (Å²) in [6.07, 6.45) is 1.21. The molecule has 0 saturated carbocycles. The van der Waals surface area contributed by atoms with E-state index in [1.54, 1.807) is 0 Å². The molecule has 15 heavy (non-hydrogen) atoms. The molecule has 1 aliphatic rings. The Kier molecular flexibility index (Phi) is 6.45. The third-order valence-corrected chi connectivity index (χ3v) is 4.13. The van der Waals surface area contributed by atoms with Gasteiger partial charge in [-0.15, -0.1) is 0 Å². The summed E-state index contributed by atoms with van der Waals surface area (Å²) >= 11 is 0. The van der Waals surface area contributed by atoms with Crippen LogP contribution in [0.1, 0.15) is 20.3 Å². The topological polar surface area (TPSA) is 32.3 Å². The Labute approximate surface area is 96.1 Å². The summed E-state index contributed by atoms with van der Waals surface area (Å²) in [5.74, 6) is 2.35. The molecular formula is C11H24N2OS. The van der Waals surface area contributed by atoms with Gasteiger partial charge in [-0.05, 0) is 32.0 Å². The van der Waals surface area contributed by atoms with Gasteiger partial charge in [-0.25, -0.2) is 0 Å². The Hall–Kier alpha value is 0.0700. The molecule has 0 aromatic carbocycles. The van der Waals surface area contributed by atoms with Gasteiger partial charge >= 0.3 is 0 Å². The van der Waals surface area contributed by atoms with Crippen molar-refractivity contribution in [3.63, 3.8) is 0 Å². The Balaban J connectivity index is 2.27. The van der Waals surface area contributed by atoms with Gasteiger partial charge in [0.05, 0.1) is 0 Å². The van der Waals surface area contributed by atoms with E-state index >= 15 is 0 Å². The zero-order valence-corrected chi connectivity index (χ0v) is 10.8. The quantitative estimate of drug-likeness (QED) is 0.774. The molecule has 2 atom stereocenters. The first-order valence-electron chi connectivity index (χ1n) is 6.00. The van der Waals surface area contributed by atoms with Crippen molar-refractivity contribution >= 4 is 10.8 Å². The van der Waals surface area contributed by atoms with Gasteiger partial charge in [-0.1, -0.05) is 13.8 Å². The normalized spacial score (nSPS) is 26.9. The Morgan fingerprint density at radius 1 is 1.53 bits per heavy atom. The fourth-order valence-corrected chi connectivity index (χ4v) is 2.70. The highest BCUT2D eigenvalue weighted by atomic mass is 32.2. The summed E-state index contributed by atoms with van der Waals surface area (Å²) in [7, 11) is -0.607. The summed E-state index contributed by atoms with van der Waals surface area (Å²) in [4.78, 5) is 2.47. The summed E-state index contributed by atoms with van der Waals surface area (Å²) in [5, 5.41) is 3.45. The Morgan fingerprint density at radius 3 is 3.07 bits per heavy atom. The second-order valence-electron chi connectivity index (χ2n) is 4.40. The van der Waals surface area contributed by atoms with Gasteiger partial charge in [0.25, 0.3) is 0 Å². The van der Waals surface area contributed by atoms with Gasteiger partial charge in [-0.2, -0.15) is 0 Å². The monoisotopic (exact) mass is 232 g/mol. The first-order valence-corrected chi connectivity index (χ1v) is 7.49. The van der Waals surface area contributed by atoms with E-state index < -0.39 is 10.8 Å². The molecule has 3 nitrogen and oxygen atoms in total. The van der Waals surface area contributed by atoms with Crippen LogP contribution in [-0.4, -0.2) is 53.3 Å². The molecule has 1 N–H and O–H groups in total. The molecule has 0 bridgehead atoms. The molecule has 0 aliphatic carbocycles. The average molecular weight is 232 g/mol. The van der Waals surface area contributed by atoms with Crippen molar-refractivity contribution in [2.75, 3.05) is 44.2 Å². The lowest BCUT2D eigenvalue weighted by Gasteiger charge is -2.28. The molecule has 0 aromatic heterocycles. The molecule has 2 unspecified atom stereocenters. The molecule has 0 spiro atoms. The molecule has 1 heterocycles. The highest BCUT2D eigenvalue weighted by molar-refractivity contribution is 7.84. The van der Waals surface area contributed by atoms with Crippen molar-refractivity contribution < 1.29 is 4.21 Å². The minimum Gasteiger partial charge on any atom is -0.316 e. The summed E-state index contributed by atoms with van der Waals surface area (Å²) in [6.45, 7) is 9.82. The second kappa shape index (κ2) is 7.36. The molecular weight excluding hydrogens is 208 g/mol. The van der Waals surface area contributed by atoms with Crippen molar-refractivity contribution in [3.05, 3.63) is 0 Å². The highest BCUT2D eigenvalue weighted by Gasteiger charge is 2.13. The summed E-state index contributed by atoms with van der Waals surface area (Å²) in [5.41, 5.74) is 0. The van der Waals surface area contributed by atoms with Crippen LogP contribution in [0.5, 0.6) is 0 Å². The smallest absolute Gasteiger partial charge is 0.0362 e. The predicted octanol–water partition coefficient (Wildman–Crippen LogP) is 0.686. The Morgan fingerprint density at radius 2 is 2.33 bits per heavy atom. The van der Waals surface area contributed by atoms with Crippen LogP contribution in [0.2, 0.25) is 0 Å². The van der Waals surface area contributed by atoms with Crippen LogP contribution in [-0.2, 0) is 10.8 Å². The minimum atomic E-state index is -0.607. The standard InChI is InChI=1S/C11H24N2OS/c1-3-15(14)8-7-13-6-4-5-12-9-11(2)10-13/h11-12H,3-10H2,1-2H3. The van der Waals surface area contributed by atoms with E-state index in [0.29, 0.717) is 5.92 Å². The number of rotatable bonds is 4. The Bertz CT molecular complexity index is 199. The predicted molar refractivity (Wildman–Crippen MR) is 66.6 cm³/mol. The van der Waals surface area contributed by atoms with E-state index in [4.69, 9.17) is 0 Å². The van der Waals surface area contributed by atoms with Crippen molar-refractivity contribution in [1.29, 1.82) is 0 Å². The molecule has 4 heteroatoms. The molecule has 1 aliphatic heterocycles. The van der Waals surface area contributed by atoms with E-state index in [9.17, 15) is 4.21 Å². The van der Waals surface area contributed by atoms with Gasteiger partial charge in [0, 0.05) is 35.4 Å². The van der Waals surface area contributed by atoms with E-state index in [2.05, 4.69) is 17.1 Å². The lowest BCUT2D eigenvalue weighted by molar-refractivity contribution is 0.227. The number of hydrogen-bond acceptors (Lipinski definition) is 3. The van der Waals surface area contributed by atoms with Crippen molar-refractivity contribution in [2.24, 2.45) is 5.92 Å². The van der Waals surface area contributed by atoms with E-state index in [1.807, 2.05) is 6.92 Å². The van der Waals surface area contributed by atoms with Crippen molar-refractivity contribution in [1.82, 2.24) is 10.2 Å². The molecule has 1 fully saturated rings. The minimum absolute atomic E-state index is 0.607. The largest absolute Gasteiger partial charge is 0.316 e. The number of hydrogen-bond donors (Lipinski definition) is 1. The van der Waals surface area contributed by atoms with Gasteiger partial charge in [0.2, 0.25) is 0 Å². The highest BCUT2D eigenvalue weighted by Crippen LogP contribution is 2.03. The lowest BCUT2D eigenvalue weighted by Crippen LogP contribution is -2.40. The van der Waals surface area contributed by atoms with Crippen LogP contribution in [0.15, 0.2) is 0 Å². The molecule has 0 aromatic rings. The molecule has 1 saturated heterocycles. The first-order chi connectivity index (χ1) is 7.22. The molecule has 0 radical (unpaired) electrons. The number of nitrogens with one attached hydrogen (secondary N) is 1. The van der Waals surface area contributed by atoms with E-state index in [0.717, 1.165) is 44.2 Å². The maximum Gasteiger partial charge on any atom is 0.0362 e. The maximum atomic E-state index is 11.4. The third kappa shape index (κ3) is 5.64. The van der Waals surface area contributed by atoms with Gasteiger partial charge in [0.15, 0.2) is 0 Å². The van der Waals surface area contributed by atoms with E-state index in [-0.39, 0.29) is 0 Å². The zero-order chi connectivity index (χ0) is 11.1. The van der Waals surface area contributed by atoms with Gasteiger partial charge < -0.3 is 10.2 Å². The van der Waals surface area contributed by atoms with Crippen LogP contribution < -0.4 is 5.32 Å². The fourth-order valence-electron chi connectivity index (χ4n) is 1.95. The molecule has 0 amide bonds. The second-order valence-corrected chi connectivity index (χ2v) is 6.26. The SMILES string of the molecule is CCS(=O)CCN1CCCNCC(C)C1. The average Bonchev–Trinajstić information content (AvgIpc) is 2.20. The molecule has 1 rings (SSSR count). The number of nitrogens with zero attached hydrogens (tertiary/aromatic N) is 1. The third-order valence-electron chi connectivity index (χ3n) is 2.85. The van der Waals surface area contributed by atoms with Crippen LogP contribution in [0, 0.1) is 5.92 Å².